The average Bonchev–Trinajstić information content (AvgIpc) is 3.33. The van der Waals surface area contributed by atoms with Gasteiger partial charge in [0.25, 0.3) is 5.91 Å². The molecule has 4 rings (SSSR count). The number of aromatic nitrogens is 3. The lowest BCUT2D eigenvalue weighted by Crippen LogP contribution is -2.32. The zero-order valence-electron chi connectivity index (χ0n) is 20.0. The monoisotopic (exact) mass is 505 g/mol. The number of amides is 2. The van der Waals surface area contributed by atoms with Crippen molar-refractivity contribution in [2.45, 2.75) is 24.7 Å². The number of nitrogens with one attached hydrogen (secondary N) is 2. The van der Waals surface area contributed by atoms with Gasteiger partial charge in [0.05, 0.1) is 19.5 Å². The summed E-state index contributed by atoms with van der Waals surface area (Å²) >= 11 is 1.24. The van der Waals surface area contributed by atoms with Crippen LogP contribution in [0.1, 0.15) is 29.1 Å². The van der Waals surface area contributed by atoms with Gasteiger partial charge < -0.3 is 25.0 Å². The molecule has 36 heavy (non-hydrogen) atoms. The number of anilines is 1. The van der Waals surface area contributed by atoms with E-state index in [1.54, 1.807) is 35.9 Å². The summed E-state index contributed by atoms with van der Waals surface area (Å²) in [5.41, 5.74) is 1.18. The van der Waals surface area contributed by atoms with Crippen molar-refractivity contribution in [3.05, 3.63) is 78.1 Å². The molecule has 1 aromatic heterocycles. The molecule has 10 heteroatoms. The summed E-state index contributed by atoms with van der Waals surface area (Å²) in [5, 5.41) is 26.7. The Morgan fingerprint density at radius 2 is 1.81 bits per heavy atom. The van der Waals surface area contributed by atoms with Crippen LogP contribution in [0.5, 0.6) is 5.75 Å². The summed E-state index contributed by atoms with van der Waals surface area (Å²) < 4.78 is 6.90. The van der Waals surface area contributed by atoms with E-state index < -0.39 is 6.04 Å². The fraction of sp³-hybridized carbons (Fsp3) is 0.231. The molecular formula is C26H27N5O4S. The number of methoxy groups -OCH3 is 1. The van der Waals surface area contributed by atoms with Gasteiger partial charge in [0, 0.05) is 23.2 Å². The minimum Gasteiger partial charge on any atom is -0.497 e. The first-order valence-electron chi connectivity index (χ1n) is 11.4. The van der Waals surface area contributed by atoms with Gasteiger partial charge in [-0.1, -0.05) is 48.2 Å². The molecule has 1 heterocycles. The molecule has 186 valence electrons. The maximum Gasteiger partial charge on any atom is 0.251 e. The molecule has 9 nitrogen and oxygen atoms in total. The second-order valence-corrected chi connectivity index (χ2v) is 8.83. The fourth-order valence-electron chi connectivity index (χ4n) is 3.79. The van der Waals surface area contributed by atoms with Crippen LogP contribution in [0, 0.1) is 0 Å². The van der Waals surface area contributed by atoms with Crippen LogP contribution in [-0.2, 0) is 11.3 Å². The number of hydrogen-bond donors (Lipinski definition) is 3. The molecule has 0 unspecified atom stereocenters. The van der Waals surface area contributed by atoms with Crippen molar-refractivity contribution in [2.75, 3.05) is 24.8 Å². The van der Waals surface area contributed by atoms with E-state index >= 15 is 0 Å². The minimum absolute atomic E-state index is 0.128. The Morgan fingerprint density at radius 3 is 2.53 bits per heavy atom. The van der Waals surface area contributed by atoms with Crippen LogP contribution in [0.25, 0.3) is 10.8 Å². The molecule has 0 aliphatic carbocycles. The van der Waals surface area contributed by atoms with Crippen molar-refractivity contribution in [1.29, 1.82) is 0 Å². The fourth-order valence-corrected chi connectivity index (χ4v) is 4.60. The lowest BCUT2D eigenvalue weighted by Gasteiger charge is -2.17. The molecule has 0 saturated heterocycles. The number of rotatable bonds is 10. The van der Waals surface area contributed by atoms with Crippen molar-refractivity contribution in [3.8, 4) is 5.75 Å². The molecule has 2 amide bonds. The molecule has 4 aromatic rings. The van der Waals surface area contributed by atoms with Crippen LogP contribution in [0.3, 0.4) is 0 Å². The summed E-state index contributed by atoms with van der Waals surface area (Å²) in [4.78, 5) is 25.4. The van der Waals surface area contributed by atoms with Crippen LogP contribution < -0.4 is 15.4 Å². The highest BCUT2D eigenvalue weighted by Gasteiger charge is 2.23. The lowest BCUT2D eigenvalue weighted by molar-refractivity contribution is -0.113. The Balaban J connectivity index is 1.42. The van der Waals surface area contributed by atoms with Crippen molar-refractivity contribution in [1.82, 2.24) is 20.1 Å². The second-order valence-electron chi connectivity index (χ2n) is 7.89. The molecule has 1 atom stereocenters. The third-order valence-electron chi connectivity index (χ3n) is 5.61. The Morgan fingerprint density at radius 1 is 1.06 bits per heavy atom. The zero-order chi connectivity index (χ0) is 25.5. The van der Waals surface area contributed by atoms with Gasteiger partial charge in [-0.05, 0) is 42.6 Å². The average molecular weight is 506 g/mol. The molecule has 0 radical (unpaired) electrons. The molecule has 0 aliphatic heterocycles. The number of aliphatic hydroxyl groups excluding tert-OH is 1. The summed E-state index contributed by atoms with van der Waals surface area (Å²) in [7, 11) is 1.55. The van der Waals surface area contributed by atoms with Crippen molar-refractivity contribution < 1.29 is 19.4 Å². The second kappa shape index (κ2) is 11.7. The van der Waals surface area contributed by atoms with Gasteiger partial charge in [0.15, 0.2) is 11.0 Å². The van der Waals surface area contributed by atoms with E-state index in [1.165, 1.54) is 11.8 Å². The minimum atomic E-state index is -0.758. The van der Waals surface area contributed by atoms with E-state index in [4.69, 9.17) is 4.74 Å². The largest absolute Gasteiger partial charge is 0.497 e. The normalized spacial score (nSPS) is 11.8. The van der Waals surface area contributed by atoms with Crippen LogP contribution in [0.15, 0.2) is 71.9 Å². The van der Waals surface area contributed by atoms with Gasteiger partial charge in [-0.2, -0.15) is 0 Å². The van der Waals surface area contributed by atoms with Crippen LogP contribution in [-0.4, -0.2) is 51.2 Å². The van der Waals surface area contributed by atoms with Crippen molar-refractivity contribution in [2.24, 2.45) is 0 Å². The van der Waals surface area contributed by atoms with Gasteiger partial charge in [-0.3, -0.25) is 9.59 Å². The summed E-state index contributed by atoms with van der Waals surface area (Å²) in [5.74, 6) is 0.658. The van der Waals surface area contributed by atoms with Crippen molar-refractivity contribution >= 4 is 40.0 Å². The Labute approximate surface area is 212 Å². The number of benzene rings is 3. The smallest absolute Gasteiger partial charge is 0.251 e. The maximum atomic E-state index is 12.7. The first kappa shape index (κ1) is 25.2. The topological polar surface area (TPSA) is 118 Å². The van der Waals surface area contributed by atoms with Gasteiger partial charge >= 0.3 is 0 Å². The number of nitrogens with zero attached hydrogens (tertiary/aromatic N) is 3. The van der Waals surface area contributed by atoms with E-state index in [2.05, 4.69) is 20.8 Å². The molecule has 3 N–H and O–H groups in total. The number of carbonyl (C=O) groups excluding carboxylic acids is 2. The van der Waals surface area contributed by atoms with Gasteiger partial charge in [0.1, 0.15) is 11.8 Å². The summed E-state index contributed by atoms with van der Waals surface area (Å²) in [6.45, 7) is 2.06. The Bertz CT molecular complexity index is 1350. The van der Waals surface area contributed by atoms with E-state index in [0.29, 0.717) is 28.8 Å². The van der Waals surface area contributed by atoms with Gasteiger partial charge in [-0.25, -0.2) is 0 Å². The van der Waals surface area contributed by atoms with Crippen molar-refractivity contribution in [3.63, 3.8) is 0 Å². The standard InChI is InChI=1S/C26H27N5O4S/c1-3-31-24(22(15-32)28-25(34)18-11-13-19(35-2)14-12-18)29-30-26(31)36-16-23(33)27-21-10-6-8-17-7-4-5-9-20(17)21/h4-14,22,32H,3,15-16H2,1-2H3,(H,27,33)(H,28,34)/t22-/m0/s1. The number of carbonyl (C=O) groups is 2. The SMILES string of the molecule is CCn1c(SCC(=O)Nc2cccc3ccccc23)nnc1[C@H](CO)NC(=O)c1ccc(OC)cc1. The van der Waals surface area contributed by atoms with E-state index in [9.17, 15) is 14.7 Å². The number of hydrogen-bond acceptors (Lipinski definition) is 7. The first-order chi connectivity index (χ1) is 17.5. The zero-order valence-corrected chi connectivity index (χ0v) is 20.8. The molecule has 0 aliphatic rings. The molecule has 0 saturated carbocycles. The number of fused-ring (bicyclic) bond motifs is 1. The summed E-state index contributed by atoms with van der Waals surface area (Å²) in [6.07, 6.45) is 0. The maximum absolute atomic E-state index is 12.7. The molecule has 0 fully saturated rings. The lowest BCUT2D eigenvalue weighted by atomic mass is 10.1. The van der Waals surface area contributed by atoms with Gasteiger partial charge in [0.2, 0.25) is 5.91 Å². The van der Waals surface area contributed by atoms with E-state index in [0.717, 1.165) is 16.5 Å². The third-order valence-corrected chi connectivity index (χ3v) is 6.58. The highest BCUT2D eigenvalue weighted by molar-refractivity contribution is 7.99. The molecule has 0 bridgehead atoms. The number of ether oxygens (including phenoxy) is 1. The predicted octanol–water partition coefficient (Wildman–Crippen LogP) is 3.65. The predicted molar refractivity (Wildman–Crippen MR) is 139 cm³/mol. The highest BCUT2D eigenvalue weighted by Crippen LogP contribution is 2.25. The first-order valence-corrected chi connectivity index (χ1v) is 12.4. The van der Waals surface area contributed by atoms with Crippen LogP contribution >= 0.6 is 11.8 Å². The van der Waals surface area contributed by atoms with Crippen LogP contribution in [0.2, 0.25) is 0 Å². The van der Waals surface area contributed by atoms with Gasteiger partial charge in [-0.15, -0.1) is 10.2 Å². The number of thioether (sulfide) groups is 1. The molecule has 3 aromatic carbocycles. The third kappa shape index (κ3) is 5.67. The van der Waals surface area contributed by atoms with Crippen LogP contribution in [0.4, 0.5) is 5.69 Å². The summed E-state index contributed by atoms with van der Waals surface area (Å²) in [6, 6.07) is 19.5. The quantitative estimate of drug-likeness (QED) is 0.282. The Kier molecular flexibility index (Phi) is 8.19. The van der Waals surface area contributed by atoms with E-state index in [1.807, 2.05) is 49.4 Å². The number of aliphatic hydroxyl groups is 1. The molecule has 0 spiro atoms. The Hall–Kier alpha value is -3.89. The highest BCUT2D eigenvalue weighted by atomic mass is 32.2. The molecular weight excluding hydrogens is 478 g/mol. The van der Waals surface area contributed by atoms with E-state index in [-0.39, 0.29) is 24.2 Å².